The summed E-state index contributed by atoms with van der Waals surface area (Å²) in [6, 6.07) is 11.3. The van der Waals surface area contributed by atoms with Gasteiger partial charge in [0.05, 0.1) is 6.54 Å². The highest BCUT2D eigenvalue weighted by Crippen LogP contribution is 2.29. The Kier molecular flexibility index (Phi) is 7.17. The topological polar surface area (TPSA) is 134 Å². The number of anilines is 1. The molecular weight excluding hydrogens is 569 g/mol. The van der Waals surface area contributed by atoms with Crippen molar-refractivity contribution >= 4 is 50.2 Å². The number of carbonyl (C=O) groups is 3. The Morgan fingerprint density at radius 2 is 1.95 bits per heavy atom. The van der Waals surface area contributed by atoms with Crippen molar-refractivity contribution in [1.82, 2.24) is 24.4 Å². The molecule has 196 valence electrons. The van der Waals surface area contributed by atoms with Gasteiger partial charge in [-0.2, -0.15) is 5.26 Å². The molecular formula is C27H21BrFN7O3. The molecule has 4 aromatic rings. The minimum Gasteiger partial charge on any atom is -0.337 e. The van der Waals surface area contributed by atoms with Gasteiger partial charge in [-0.05, 0) is 52.7 Å². The maximum Gasteiger partial charge on any atom is 0.248 e. The fourth-order valence-electron chi connectivity index (χ4n) is 4.66. The highest BCUT2D eigenvalue weighted by Gasteiger charge is 2.40. The number of nitriles is 1. The van der Waals surface area contributed by atoms with Gasteiger partial charge < -0.3 is 14.8 Å². The molecule has 2 unspecified atom stereocenters. The van der Waals surface area contributed by atoms with E-state index in [1.165, 1.54) is 24.2 Å². The highest BCUT2D eigenvalue weighted by atomic mass is 79.9. The first-order chi connectivity index (χ1) is 18.7. The number of nitrogens with zero attached hydrogens (tertiary/aromatic N) is 6. The first kappa shape index (κ1) is 26.1. The lowest BCUT2D eigenvalue weighted by molar-refractivity contribution is -0.137. The molecule has 39 heavy (non-hydrogen) atoms. The molecule has 0 aliphatic carbocycles. The van der Waals surface area contributed by atoms with Gasteiger partial charge in [0.15, 0.2) is 5.78 Å². The lowest BCUT2D eigenvalue weighted by Gasteiger charge is -2.24. The normalized spacial score (nSPS) is 16.7. The lowest BCUT2D eigenvalue weighted by atomic mass is 10.0. The summed E-state index contributed by atoms with van der Waals surface area (Å²) in [6.45, 7) is 1.04. The van der Waals surface area contributed by atoms with Crippen molar-refractivity contribution in [3.63, 3.8) is 0 Å². The smallest absolute Gasteiger partial charge is 0.248 e. The SMILES string of the molecule is CC(=O)c1cn(CC(=O)N2CC(F)CC2C(=O)Nc2cccc(Br)n2)c2ccc(-c3cnc(C#N)nc3)cc12. The number of hydrogen-bond donors (Lipinski definition) is 1. The summed E-state index contributed by atoms with van der Waals surface area (Å²) >= 11 is 3.24. The van der Waals surface area contributed by atoms with Crippen molar-refractivity contribution in [3.8, 4) is 17.2 Å². The first-order valence-electron chi connectivity index (χ1n) is 12.0. The van der Waals surface area contributed by atoms with Gasteiger partial charge in [-0.25, -0.2) is 19.3 Å². The van der Waals surface area contributed by atoms with Crippen molar-refractivity contribution in [2.45, 2.75) is 32.1 Å². The van der Waals surface area contributed by atoms with Crippen LogP contribution in [-0.2, 0) is 16.1 Å². The van der Waals surface area contributed by atoms with Crippen molar-refractivity contribution in [2.75, 3.05) is 11.9 Å². The number of rotatable bonds is 6. The maximum atomic E-state index is 14.4. The molecule has 5 rings (SSSR count). The molecule has 1 aliphatic heterocycles. The van der Waals surface area contributed by atoms with Gasteiger partial charge in [-0.1, -0.05) is 12.1 Å². The number of ketones is 1. The molecule has 0 bridgehead atoms. The van der Waals surface area contributed by atoms with Gasteiger partial charge in [-0.15, -0.1) is 0 Å². The third-order valence-electron chi connectivity index (χ3n) is 6.49. The molecule has 4 heterocycles. The minimum absolute atomic E-state index is 0.0474. The number of hydrogen-bond acceptors (Lipinski definition) is 7. The third-order valence-corrected chi connectivity index (χ3v) is 6.93. The molecule has 1 aliphatic rings. The van der Waals surface area contributed by atoms with Gasteiger partial charge in [0.2, 0.25) is 17.6 Å². The van der Waals surface area contributed by atoms with Crippen molar-refractivity contribution in [1.29, 1.82) is 5.26 Å². The summed E-state index contributed by atoms with van der Waals surface area (Å²) in [6.07, 6.45) is 3.18. The second kappa shape index (κ2) is 10.7. The minimum atomic E-state index is -1.34. The molecule has 0 radical (unpaired) electrons. The van der Waals surface area contributed by atoms with E-state index < -0.39 is 24.0 Å². The standard InChI is InChI=1S/C27H21BrFN7O3/c1-15(37)20-13-35(21-6-5-16(7-19(20)21)17-10-31-25(9-30)32-11-17)14-26(38)36-12-18(29)8-22(36)27(39)34-24-4-2-3-23(28)33-24/h2-7,10-11,13,18,22H,8,12,14H2,1H3,(H,33,34,39). The van der Waals surface area contributed by atoms with Crippen molar-refractivity contribution in [2.24, 2.45) is 0 Å². The number of fused-ring (bicyclic) bond motifs is 1. The van der Waals surface area contributed by atoms with Crippen LogP contribution in [0.1, 0.15) is 29.5 Å². The highest BCUT2D eigenvalue weighted by molar-refractivity contribution is 9.10. The van der Waals surface area contributed by atoms with Crippen LogP contribution in [0.25, 0.3) is 22.0 Å². The van der Waals surface area contributed by atoms with E-state index in [1.54, 1.807) is 47.2 Å². The van der Waals surface area contributed by atoms with Gasteiger partial charge in [-0.3, -0.25) is 14.4 Å². The zero-order chi connectivity index (χ0) is 27.7. The van der Waals surface area contributed by atoms with Crippen LogP contribution in [0.4, 0.5) is 10.2 Å². The summed E-state index contributed by atoms with van der Waals surface area (Å²) in [7, 11) is 0. The van der Waals surface area contributed by atoms with Gasteiger partial charge in [0, 0.05) is 47.0 Å². The quantitative estimate of drug-likeness (QED) is 0.266. The molecule has 1 fully saturated rings. The van der Waals surface area contributed by atoms with Crippen LogP contribution in [0.5, 0.6) is 0 Å². The van der Waals surface area contributed by atoms with E-state index in [4.69, 9.17) is 5.26 Å². The summed E-state index contributed by atoms with van der Waals surface area (Å²) in [5.41, 5.74) is 2.43. The zero-order valence-electron chi connectivity index (χ0n) is 20.6. The predicted molar refractivity (Wildman–Crippen MR) is 143 cm³/mol. The number of amides is 2. The fourth-order valence-corrected chi connectivity index (χ4v) is 5.00. The molecule has 1 saturated heterocycles. The van der Waals surface area contributed by atoms with E-state index in [-0.39, 0.29) is 36.9 Å². The molecule has 1 N–H and O–H groups in total. The average Bonchev–Trinajstić information content (AvgIpc) is 3.49. The van der Waals surface area contributed by atoms with E-state index in [2.05, 4.69) is 36.2 Å². The average molecular weight is 590 g/mol. The molecule has 12 heteroatoms. The number of carbonyl (C=O) groups excluding carboxylic acids is 3. The maximum absolute atomic E-state index is 14.4. The monoisotopic (exact) mass is 589 g/mol. The molecule has 2 amide bonds. The molecule has 0 saturated carbocycles. The Bertz CT molecular complexity index is 1650. The third kappa shape index (κ3) is 5.39. The van der Waals surface area contributed by atoms with Crippen molar-refractivity contribution < 1.29 is 18.8 Å². The van der Waals surface area contributed by atoms with Gasteiger partial charge >= 0.3 is 0 Å². The predicted octanol–water partition coefficient (Wildman–Crippen LogP) is 3.91. The van der Waals surface area contributed by atoms with E-state index in [0.717, 1.165) is 5.56 Å². The molecule has 0 spiro atoms. The Balaban J connectivity index is 1.41. The van der Waals surface area contributed by atoms with Gasteiger partial charge in [0.25, 0.3) is 0 Å². The molecule has 1 aromatic carbocycles. The van der Waals surface area contributed by atoms with Crippen LogP contribution in [-0.4, -0.2) is 60.8 Å². The fraction of sp³-hybridized carbons (Fsp3) is 0.222. The summed E-state index contributed by atoms with van der Waals surface area (Å²) in [4.78, 5) is 52.1. The largest absolute Gasteiger partial charge is 0.337 e. The molecule has 2 atom stereocenters. The number of pyridine rings is 1. The second-order valence-electron chi connectivity index (χ2n) is 9.10. The number of Topliss-reactive ketones (excluding diaryl/α,β-unsaturated/α-hetero) is 1. The van der Waals surface area contributed by atoms with Crippen LogP contribution < -0.4 is 5.32 Å². The molecule has 3 aromatic heterocycles. The number of alkyl halides is 1. The Morgan fingerprint density at radius 1 is 1.18 bits per heavy atom. The second-order valence-corrected chi connectivity index (χ2v) is 9.91. The number of nitrogens with one attached hydrogen (secondary N) is 1. The lowest BCUT2D eigenvalue weighted by Crippen LogP contribution is -2.44. The van der Waals surface area contributed by atoms with Crippen LogP contribution in [0, 0.1) is 11.3 Å². The Labute approximate surface area is 230 Å². The van der Waals surface area contributed by atoms with Crippen LogP contribution in [0.2, 0.25) is 0 Å². The van der Waals surface area contributed by atoms with E-state index in [9.17, 15) is 18.8 Å². The summed E-state index contributed by atoms with van der Waals surface area (Å²) < 4.78 is 16.6. The molecule has 10 nitrogen and oxygen atoms in total. The summed E-state index contributed by atoms with van der Waals surface area (Å²) in [5.74, 6) is -0.830. The van der Waals surface area contributed by atoms with E-state index >= 15 is 0 Å². The van der Waals surface area contributed by atoms with Crippen LogP contribution >= 0.6 is 15.9 Å². The zero-order valence-corrected chi connectivity index (χ0v) is 22.2. The number of halogens is 2. The number of aromatic nitrogens is 4. The van der Waals surface area contributed by atoms with Crippen LogP contribution in [0.15, 0.2) is 59.6 Å². The number of benzene rings is 1. The van der Waals surface area contributed by atoms with Crippen LogP contribution in [0.3, 0.4) is 0 Å². The van der Waals surface area contributed by atoms with E-state index in [0.29, 0.717) is 26.6 Å². The van der Waals surface area contributed by atoms with Gasteiger partial charge in [0.1, 0.15) is 35.2 Å². The van der Waals surface area contributed by atoms with E-state index in [1.807, 2.05) is 6.07 Å². The summed E-state index contributed by atoms with van der Waals surface area (Å²) in [5, 5.41) is 12.2. The Hall–Kier alpha value is -4.50. The number of likely N-dealkylation sites (tertiary alicyclic amines) is 1. The Morgan fingerprint density at radius 3 is 2.64 bits per heavy atom. The first-order valence-corrected chi connectivity index (χ1v) is 12.8. The van der Waals surface area contributed by atoms with Crippen molar-refractivity contribution in [3.05, 3.63) is 71.0 Å².